The predicted octanol–water partition coefficient (Wildman–Crippen LogP) is 0.383. The molecule has 0 aromatic rings. The molecular weight excluding hydrogens is 210 g/mol. The summed E-state index contributed by atoms with van der Waals surface area (Å²) in [4.78, 5) is 23.8. The van der Waals surface area contributed by atoms with Crippen LogP contribution in [0.4, 0.5) is 4.79 Å². The van der Waals surface area contributed by atoms with Gasteiger partial charge in [0.2, 0.25) is 0 Å². The molecule has 1 aliphatic rings. The highest BCUT2D eigenvalue weighted by molar-refractivity contribution is 5.72. The molecule has 1 amide bonds. The molecule has 0 aromatic carbocycles. The number of carboxylic acid groups (broad SMARTS) is 1. The van der Waals surface area contributed by atoms with Gasteiger partial charge in [0.05, 0.1) is 0 Å². The Morgan fingerprint density at radius 2 is 2.00 bits per heavy atom. The molecule has 1 saturated heterocycles. The monoisotopic (exact) mass is 228 g/mol. The van der Waals surface area contributed by atoms with Crippen LogP contribution in [0.2, 0.25) is 0 Å². The maximum Gasteiger partial charge on any atom is 0.410 e. The van der Waals surface area contributed by atoms with E-state index in [0.717, 1.165) is 0 Å². The number of nitrogens with zero attached hydrogens (tertiary/aromatic N) is 1. The highest BCUT2D eigenvalue weighted by atomic mass is 16.6. The van der Waals surface area contributed by atoms with Crippen molar-refractivity contribution in [2.75, 3.05) is 13.1 Å². The molecule has 5 nitrogen and oxygen atoms in total. The first-order valence-electron chi connectivity index (χ1n) is 5.48. The van der Waals surface area contributed by atoms with Crippen LogP contribution in [-0.2, 0) is 9.53 Å². The number of amides is 1. The number of hydrogen-bond donors (Lipinski definition) is 0. The van der Waals surface area contributed by atoms with Crippen molar-refractivity contribution < 1.29 is 19.4 Å². The number of carbonyl (C=O) groups excluding carboxylic acids is 2. The molecule has 0 spiro atoms. The van der Waals surface area contributed by atoms with Crippen LogP contribution in [0.1, 0.15) is 33.6 Å². The summed E-state index contributed by atoms with van der Waals surface area (Å²) in [6.07, 6.45) is 0.804. The van der Waals surface area contributed by atoms with Crippen molar-refractivity contribution in [2.24, 2.45) is 5.92 Å². The highest BCUT2D eigenvalue weighted by Gasteiger charge is 2.27. The lowest BCUT2D eigenvalue weighted by molar-refractivity contribution is -0.312. The van der Waals surface area contributed by atoms with E-state index < -0.39 is 23.6 Å². The fourth-order valence-electron chi connectivity index (χ4n) is 1.66. The Bertz CT molecular complexity index is 282. The Labute approximate surface area is 95.4 Å². The Morgan fingerprint density at radius 3 is 2.50 bits per heavy atom. The molecule has 92 valence electrons. The van der Waals surface area contributed by atoms with Crippen molar-refractivity contribution in [3.8, 4) is 0 Å². The van der Waals surface area contributed by atoms with Crippen molar-refractivity contribution in [1.29, 1.82) is 0 Å². The second-order valence-electron chi connectivity index (χ2n) is 5.08. The minimum atomic E-state index is -1.09. The summed E-state index contributed by atoms with van der Waals surface area (Å²) in [5.41, 5.74) is -0.550. The normalized spacial score (nSPS) is 21.7. The van der Waals surface area contributed by atoms with Gasteiger partial charge in [0, 0.05) is 25.0 Å². The largest absolute Gasteiger partial charge is 0.550 e. The first-order valence-corrected chi connectivity index (χ1v) is 5.48. The van der Waals surface area contributed by atoms with Gasteiger partial charge in [0.15, 0.2) is 0 Å². The van der Waals surface area contributed by atoms with Crippen LogP contribution in [0.15, 0.2) is 0 Å². The van der Waals surface area contributed by atoms with Crippen molar-refractivity contribution in [3.63, 3.8) is 0 Å². The lowest BCUT2D eigenvalue weighted by atomic mass is 9.99. The molecule has 1 fully saturated rings. The van der Waals surface area contributed by atoms with Gasteiger partial charge in [0.1, 0.15) is 5.60 Å². The number of likely N-dealkylation sites (tertiary alicyclic amines) is 1. The first kappa shape index (κ1) is 12.8. The van der Waals surface area contributed by atoms with Gasteiger partial charge in [-0.1, -0.05) is 0 Å². The molecule has 0 N–H and O–H groups in total. The standard InChI is InChI=1S/C11H19NO4/c1-11(2,3)16-10(15)12-6-4-5-8(7-12)9(13)14/h8H,4-7H2,1-3H3,(H,13,14)/p-1/t8-/m0/s1. The molecule has 5 heteroatoms. The van der Waals surface area contributed by atoms with E-state index >= 15 is 0 Å². The third-order valence-electron chi connectivity index (χ3n) is 2.41. The van der Waals surface area contributed by atoms with Gasteiger partial charge in [-0.15, -0.1) is 0 Å². The lowest BCUT2D eigenvalue weighted by Crippen LogP contribution is -2.47. The van der Waals surface area contributed by atoms with Gasteiger partial charge in [-0.05, 0) is 33.6 Å². The van der Waals surface area contributed by atoms with Crippen LogP contribution >= 0.6 is 0 Å². The van der Waals surface area contributed by atoms with Crippen molar-refractivity contribution in [1.82, 2.24) is 4.90 Å². The van der Waals surface area contributed by atoms with Crippen molar-refractivity contribution in [2.45, 2.75) is 39.2 Å². The zero-order valence-corrected chi connectivity index (χ0v) is 9.99. The molecule has 1 atom stereocenters. The van der Waals surface area contributed by atoms with E-state index in [-0.39, 0.29) is 6.54 Å². The number of rotatable bonds is 1. The zero-order valence-electron chi connectivity index (χ0n) is 9.99. The molecule has 1 rings (SSSR count). The molecule has 0 aromatic heterocycles. The van der Waals surface area contributed by atoms with Crippen LogP contribution in [0.3, 0.4) is 0 Å². The summed E-state index contributed by atoms with van der Waals surface area (Å²) in [6.45, 7) is 6.09. The molecular formula is C11H18NO4-. The molecule has 0 aliphatic carbocycles. The summed E-state index contributed by atoms with van der Waals surface area (Å²) in [5, 5.41) is 10.7. The van der Waals surface area contributed by atoms with E-state index in [9.17, 15) is 14.7 Å². The second kappa shape index (κ2) is 4.72. The van der Waals surface area contributed by atoms with Crippen molar-refractivity contribution >= 4 is 12.1 Å². The van der Waals surface area contributed by atoms with Crippen LogP contribution in [0.5, 0.6) is 0 Å². The van der Waals surface area contributed by atoms with Gasteiger partial charge >= 0.3 is 6.09 Å². The van der Waals surface area contributed by atoms with E-state index in [2.05, 4.69) is 0 Å². The topological polar surface area (TPSA) is 69.7 Å². The van der Waals surface area contributed by atoms with Gasteiger partial charge in [-0.25, -0.2) is 4.79 Å². The average molecular weight is 228 g/mol. The summed E-state index contributed by atoms with van der Waals surface area (Å²) in [7, 11) is 0. The molecule has 0 saturated carbocycles. The molecule has 0 bridgehead atoms. The highest BCUT2D eigenvalue weighted by Crippen LogP contribution is 2.18. The van der Waals surface area contributed by atoms with Gasteiger partial charge in [-0.2, -0.15) is 0 Å². The molecule has 0 unspecified atom stereocenters. The molecule has 16 heavy (non-hydrogen) atoms. The minimum Gasteiger partial charge on any atom is -0.550 e. The predicted molar refractivity (Wildman–Crippen MR) is 55.5 cm³/mol. The van der Waals surface area contributed by atoms with E-state index in [4.69, 9.17) is 4.74 Å². The molecule has 0 radical (unpaired) electrons. The number of piperidine rings is 1. The van der Waals surface area contributed by atoms with Crippen LogP contribution in [0, 0.1) is 5.92 Å². The zero-order chi connectivity index (χ0) is 12.3. The van der Waals surface area contributed by atoms with E-state index in [0.29, 0.717) is 19.4 Å². The van der Waals surface area contributed by atoms with Crippen LogP contribution < -0.4 is 5.11 Å². The fraction of sp³-hybridized carbons (Fsp3) is 0.818. The van der Waals surface area contributed by atoms with Crippen LogP contribution in [-0.4, -0.2) is 35.7 Å². The van der Waals surface area contributed by atoms with Gasteiger partial charge < -0.3 is 19.5 Å². The summed E-state index contributed by atoms with van der Waals surface area (Å²) >= 11 is 0. The van der Waals surface area contributed by atoms with Gasteiger partial charge in [-0.3, -0.25) is 0 Å². The Kier molecular flexibility index (Phi) is 3.78. The number of carboxylic acids is 1. The fourth-order valence-corrected chi connectivity index (χ4v) is 1.66. The van der Waals surface area contributed by atoms with Crippen molar-refractivity contribution in [3.05, 3.63) is 0 Å². The number of ether oxygens (including phenoxy) is 1. The Balaban J connectivity index is 2.54. The Morgan fingerprint density at radius 1 is 1.38 bits per heavy atom. The summed E-state index contributed by atoms with van der Waals surface area (Å²) in [5.74, 6) is -1.66. The quantitative estimate of drug-likeness (QED) is 0.650. The number of carbonyl (C=O) groups is 2. The van der Waals surface area contributed by atoms with Gasteiger partial charge in [0.25, 0.3) is 0 Å². The smallest absolute Gasteiger partial charge is 0.410 e. The van der Waals surface area contributed by atoms with E-state index in [1.54, 1.807) is 20.8 Å². The number of aliphatic carboxylic acids is 1. The average Bonchev–Trinajstić information content (AvgIpc) is 2.15. The van der Waals surface area contributed by atoms with E-state index in [1.165, 1.54) is 4.90 Å². The first-order chi connectivity index (χ1) is 7.29. The molecule has 1 aliphatic heterocycles. The summed E-state index contributed by atoms with van der Waals surface area (Å²) in [6, 6.07) is 0. The van der Waals surface area contributed by atoms with Crippen LogP contribution in [0.25, 0.3) is 0 Å². The Hall–Kier alpha value is -1.26. The third-order valence-corrected chi connectivity index (χ3v) is 2.41. The number of hydrogen-bond acceptors (Lipinski definition) is 4. The second-order valence-corrected chi connectivity index (χ2v) is 5.08. The minimum absolute atomic E-state index is 0.192. The molecule has 1 heterocycles. The lowest BCUT2D eigenvalue weighted by Gasteiger charge is -2.34. The third kappa shape index (κ3) is 3.72. The maximum absolute atomic E-state index is 11.7. The summed E-state index contributed by atoms with van der Waals surface area (Å²) < 4.78 is 5.18. The maximum atomic E-state index is 11.7. The SMILES string of the molecule is CC(C)(C)OC(=O)N1CCC[C@H](C(=O)[O-])C1. The van der Waals surface area contributed by atoms with E-state index in [1.807, 2.05) is 0 Å².